The molecule has 1 unspecified atom stereocenters. The number of aromatic nitrogens is 10. The number of carbonyl (C=O) groups is 3. The Morgan fingerprint density at radius 1 is 0.224 bits per heavy atom. The quantitative estimate of drug-likeness (QED) is 0.115. The minimum absolute atomic E-state index is 0.0549. The van der Waals surface area contributed by atoms with Gasteiger partial charge in [0.25, 0.3) is 5.78 Å². The summed E-state index contributed by atoms with van der Waals surface area (Å²) in [5.41, 5.74) is 18.1. The zero-order valence-electron chi connectivity index (χ0n) is 56.9. The lowest BCUT2D eigenvalue weighted by atomic mass is 9.70. The van der Waals surface area contributed by atoms with Crippen LogP contribution in [0.2, 0.25) is 0 Å². The third-order valence-electron chi connectivity index (χ3n) is 22.0. The highest BCUT2D eigenvalue weighted by molar-refractivity contribution is 6.18. The van der Waals surface area contributed by atoms with Gasteiger partial charge in [-0.1, -0.05) is 261 Å². The number of carbonyl (C=O) groups excluding carboxylic acids is 3. The minimum atomic E-state index is -0.827. The van der Waals surface area contributed by atoms with Crippen LogP contribution < -0.4 is 0 Å². The summed E-state index contributed by atoms with van der Waals surface area (Å²) in [5.74, 6) is -0.384. The van der Waals surface area contributed by atoms with Gasteiger partial charge in [0, 0.05) is 65.3 Å². The Labute approximate surface area is 609 Å². The molecule has 2 aliphatic carbocycles. The van der Waals surface area contributed by atoms with Crippen LogP contribution in [0.1, 0.15) is 70.5 Å². The molecule has 0 saturated heterocycles. The Kier molecular flexibility index (Phi) is 12.8. The lowest BCUT2D eigenvalue weighted by Crippen LogP contribution is -2.26. The van der Waals surface area contributed by atoms with E-state index >= 15 is 9.59 Å². The van der Waals surface area contributed by atoms with Gasteiger partial charge < -0.3 is 0 Å². The molecule has 1 spiro atoms. The highest BCUT2D eigenvalue weighted by Crippen LogP contribution is 2.63. The lowest BCUT2D eigenvalue weighted by Gasteiger charge is -2.31. The molecule has 20 aromatic rings. The highest BCUT2D eigenvalue weighted by atomic mass is 16.1. The van der Waals surface area contributed by atoms with Crippen LogP contribution in [-0.2, 0) is 5.41 Å². The second kappa shape index (κ2) is 22.9. The van der Waals surface area contributed by atoms with Gasteiger partial charge in [-0.25, -0.2) is 0 Å². The largest absolute Gasteiger partial charge is 0.289 e. The number of fused-ring (bicyclic) bond motifs is 22. The zero-order chi connectivity index (χ0) is 70.8. The molecule has 0 fully saturated rings. The normalized spacial score (nSPS) is 13.6. The Morgan fingerprint density at radius 2 is 0.533 bits per heavy atom. The monoisotopic (exact) mass is 1370 g/mol. The molecule has 0 radical (unpaired) electrons. The highest BCUT2D eigenvalue weighted by Gasteiger charge is 2.52. The molecule has 2 aliphatic rings. The molecule has 13 heteroatoms. The van der Waals surface area contributed by atoms with E-state index in [0.29, 0.717) is 22.3 Å². The standard InChI is InChI=1S/C94H54N10O3/c105-85(55-24-2-1-3-25-55)58-48-50-63-61-28-4-13-38-72(61)94(74(63)53-58)73-39-14-5-29-62(73)64-51-49-59(54-75(64)94)86(106)57-27-22-26-56(52-57)60-37-23-47-83-84(60)71-36-12-21-46-82(71)104(83)93-98-89(97-92(100-93)103-80-44-19-10-34-69(80)70-35-11-20-45-81(70)103)87(107)88-95-90(101-76-40-15-6-30-65(76)66-31-7-16-41-77(66)101)99-91(96-88)102-78-42-17-8-32-67(78)68-33-9-18-43-79(68)102/h1-54H. The van der Waals surface area contributed by atoms with Gasteiger partial charge in [-0.05, 0) is 122 Å². The summed E-state index contributed by atoms with van der Waals surface area (Å²) in [6.45, 7) is 0. The number of hydrogen-bond acceptors (Lipinski definition) is 9. The number of nitrogens with zero attached hydrogens (tertiary/aromatic N) is 10. The maximum Gasteiger partial charge on any atom is 0.267 e. The fraction of sp³-hybridized carbons (Fsp3) is 0.0106. The van der Waals surface area contributed by atoms with E-state index in [4.69, 9.17) is 29.9 Å². The van der Waals surface area contributed by atoms with Crippen molar-refractivity contribution in [3.63, 3.8) is 0 Å². The van der Waals surface area contributed by atoms with Crippen molar-refractivity contribution in [3.05, 3.63) is 384 Å². The van der Waals surface area contributed by atoms with Gasteiger partial charge in [-0.2, -0.15) is 29.9 Å². The summed E-state index contributed by atoms with van der Waals surface area (Å²) in [6.07, 6.45) is 0. The van der Waals surface area contributed by atoms with E-state index in [1.54, 1.807) is 0 Å². The van der Waals surface area contributed by atoms with Crippen LogP contribution in [-0.4, -0.2) is 65.5 Å². The van der Waals surface area contributed by atoms with Crippen LogP contribution in [0.5, 0.6) is 0 Å². The van der Waals surface area contributed by atoms with Gasteiger partial charge >= 0.3 is 0 Å². The first-order valence-electron chi connectivity index (χ1n) is 35.6. The van der Waals surface area contributed by atoms with Crippen molar-refractivity contribution >= 4 is 105 Å². The lowest BCUT2D eigenvalue weighted by molar-refractivity contribution is 0.101. The average molecular weight is 1370 g/mol. The Hall–Kier alpha value is -14.7. The van der Waals surface area contributed by atoms with Crippen LogP contribution in [0.3, 0.4) is 0 Å². The van der Waals surface area contributed by atoms with E-state index in [0.717, 1.165) is 143 Å². The van der Waals surface area contributed by atoms with Crippen molar-refractivity contribution in [3.8, 4) is 57.2 Å². The fourth-order valence-corrected chi connectivity index (χ4v) is 17.5. The van der Waals surface area contributed by atoms with Crippen LogP contribution in [0.15, 0.2) is 328 Å². The van der Waals surface area contributed by atoms with Gasteiger partial charge in [-0.15, -0.1) is 0 Å². The molecule has 6 heterocycles. The Bertz CT molecular complexity index is 7000. The van der Waals surface area contributed by atoms with Gasteiger partial charge in [0.05, 0.1) is 49.5 Å². The molecule has 1 atom stereocenters. The summed E-state index contributed by atoms with van der Waals surface area (Å²) in [4.78, 5) is 78.2. The molecule has 0 amide bonds. The molecule has 13 nitrogen and oxygen atoms in total. The smallest absolute Gasteiger partial charge is 0.267 e. The number of rotatable bonds is 11. The van der Waals surface area contributed by atoms with Crippen LogP contribution >= 0.6 is 0 Å². The Morgan fingerprint density at radius 3 is 0.972 bits per heavy atom. The van der Waals surface area contributed by atoms with Crippen molar-refractivity contribution < 1.29 is 14.4 Å². The number of hydrogen-bond donors (Lipinski definition) is 0. The SMILES string of the molecule is O=C(c1ccccc1)c1ccc2c(c1)C1(c3ccccc3-2)c2ccccc2-c2ccc(C(=O)c3cccc(-c4cccc5c4c4ccccc4n5-c4nc(C(=O)c5nc(-n6c7ccccc7c7ccccc76)nc(-n6c7ccccc7c7ccccc76)n5)nc(-n5c6ccccc6c6ccccc65)n4)c3)cc21. The molecule has 14 aromatic carbocycles. The van der Waals surface area contributed by atoms with Crippen LogP contribution in [0.25, 0.3) is 144 Å². The van der Waals surface area contributed by atoms with E-state index in [1.165, 1.54) is 0 Å². The third-order valence-corrected chi connectivity index (χ3v) is 22.0. The number of para-hydroxylation sites is 7. The molecule has 6 aromatic heterocycles. The van der Waals surface area contributed by atoms with E-state index in [1.807, 2.05) is 225 Å². The maximum atomic E-state index is 16.4. The van der Waals surface area contributed by atoms with E-state index < -0.39 is 11.2 Å². The van der Waals surface area contributed by atoms with Crippen molar-refractivity contribution in [2.75, 3.05) is 0 Å². The van der Waals surface area contributed by atoms with E-state index in [2.05, 4.69) is 121 Å². The molecule has 498 valence electrons. The first-order chi connectivity index (χ1) is 52.8. The molecular weight excluding hydrogens is 1320 g/mol. The summed E-state index contributed by atoms with van der Waals surface area (Å²) in [7, 11) is 0. The molecule has 0 N–H and O–H groups in total. The van der Waals surface area contributed by atoms with Gasteiger partial charge in [0.1, 0.15) is 0 Å². The first kappa shape index (κ1) is 59.9. The molecule has 22 rings (SSSR count). The predicted molar refractivity (Wildman–Crippen MR) is 422 cm³/mol. The summed E-state index contributed by atoms with van der Waals surface area (Å²) in [6, 6.07) is 110. The van der Waals surface area contributed by atoms with Gasteiger partial charge in [-0.3, -0.25) is 32.7 Å². The average Bonchev–Trinajstić information content (AvgIpc) is 1.51. The number of benzene rings is 14. The fourth-order valence-electron chi connectivity index (χ4n) is 17.5. The summed E-state index contributed by atoms with van der Waals surface area (Å²) < 4.78 is 7.98. The second-order valence-electron chi connectivity index (χ2n) is 27.5. The summed E-state index contributed by atoms with van der Waals surface area (Å²) in [5, 5.41) is 7.71. The molecule has 0 aliphatic heterocycles. The van der Waals surface area contributed by atoms with Crippen molar-refractivity contribution in [2.45, 2.75) is 5.41 Å². The molecule has 0 bridgehead atoms. The second-order valence-corrected chi connectivity index (χ2v) is 27.5. The van der Waals surface area contributed by atoms with Crippen LogP contribution in [0, 0.1) is 0 Å². The van der Waals surface area contributed by atoms with Crippen LogP contribution in [0.4, 0.5) is 0 Å². The molecule has 107 heavy (non-hydrogen) atoms. The molecule has 0 saturated carbocycles. The van der Waals surface area contributed by atoms with Crippen molar-refractivity contribution in [2.24, 2.45) is 0 Å². The van der Waals surface area contributed by atoms with Crippen molar-refractivity contribution in [1.29, 1.82) is 0 Å². The van der Waals surface area contributed by atoms with Gasteiger partial charge in [0.15, 0.2) is 11.6 Å². The van der Waals surface area contributed by atoms with E-state index in [9.17, 15) is 4.79 Å². The molecular formula is C94H54N10O3. The third kappa shape index (κ3) is 8.64. The van der Waals surface area contributed by atoms with E-state index in [-0.39, 0.29) is 47.0 Å². The topological polar surface area (TPSA) is 148 Å². The predicted octanol–water partition coefficient (Wildman–Crippen LogP) is 20.1. The summed E-state index contributed by atoms with van der Waals surface area (Å²) >= 11 is 0. The first-order valence-corrected chi connectivity index (χ1v) is 35.6. The minimum Gasteiger partial charge on any atom is -0.289 e. The van der Waals surface area contributed by atoms with Crippen molar-refractivity contribution in [1.82, 2.24) is 48.2 Å². The van der Waals surface area contributed by atoms with Gasteiger partial charge in [0.2, 0.25) is 35.4 Å². The maximum absolute atomic E-state index is 16.4. The zero-order valence-corrected chi connectivity index (χ0v) is 56.9. The number of ketones is 3. The Balaban J connectivity index is 0.713.